The highest BCUT2D eigenvalue weighted by molar-refractivity contribution is 5.57. The van der Waals surface area contributed by atoms with Crippen molar-refractivity contribution in [1.82, 2.24) is 40.6 Å². The van der Waals surface area contributed by atoms with Crippen LogP contribution >= 0.6 is 0 Å². The van der Waals surface area contributed by atoms with E-state index in [0.717, 1.165) is 30.9 Å². The molecule has 9 nitrogen and oxygen atoms in total. The fraction of sp³-hybridized carbons (Fsp3) is 0.357. The molecule has 1 aliphatic rings. The van der Waals surface area contributed by atoms with Crippen LogP contribution in [0.4, 0.5) is 0 Å². The largest absolute Gasteiger partial charge is 0.334 e. The molecule has 0 spiro atoms. The first kappa shape index (κ1) is 14.0. The number of hydrogen-bond donors (Lipinski definition) is 1. The molecule has 0 bridgehead atoms. The van der Waals surface area contributed by atoms with Gasteiger partial charge in [-0.15, -0.1) is 5.10 Å². The SMILES string of the molecule is CN1CCNCC1c1noc(-c2cccc(-n3cnnn3)c2)n1. The molecule has 1 fully saturated rings. The number of aromatic nitrogens is 6. The van der Waals surface area contributed by atoms with Crippen molar-refractivity contribution in [2.45, 2.75) is 6.04 Å². The molecule has 1 atom stereocenters. The average Bonchev–Trinajstić information content (AvgIpc) is 3.27. The quantitative estimate of drug-likeness (QED) is 0.737. The molecular weight excluding hydrogens is 296 g/mol. The van der Waals surface area contributed by atoms with Gasteiger partial charge in [0.25, 0.3) is 5.89 Å². The third kappa shape index (κ3) is 2.71. The highest BCUT2D eigenvalue weighted by Gasteiger charge is 2.25. The monoisotopic (exact) mass is 312 g/mol. The summed E-state index contributed by atoms with van der Waals surface area (Å²) in [7, 11) is 2.07. The van der Waals surface area contributed by atoms with Gasteiger partial charge in [0.05, 0.1) is 11.7 Å². The number of piperazine rings is 1. The number of rotatable bonds is 3. The molecule has 0 aliphatic carbocycles. The van der Waals surface area contributed by atoms with Crippen LogP contribution in [0.25, 0.3) is 17.1 Å². The van der Waals surface area contributed by atoms with E-state index in [1.165, 1.54) is 0 Å². The fourth-order valence-electron chi connectivity index (χ4n) is 2.64. The summed E-state index contributed by atoms with van der Waals surface area (Å²) < 4.78 is 7.03. The van der Waals surface area contributed by atoms with Crippen molar-refractivity contribution < 1.29 is 4.52 Å². The van der Waals surface area contributed by atoms with Gasteiger partial charge in [-0.1, -0.05) is 11.2 Å². The third-order valence-corrected chi connectivity index (χ3v) is 3.96. The molecule has 2 aromatic heterocycles. The van der Waals surface area contributed by atoms with Gasteiger partial charge in [-0.3, -0.25) is 4.90 Å². The zero-order valence-corrected chi connectivity index (χ0v) is 12.6. The van der Waals surface area contributed by atoms with Crippen LogP contribution < -0.4 is 5.32 Å². The van der Waals surface area contributed by atoms with Gasteiger partial charge >= 0.3 is 0 Å². The van der Waals surface area contributed by atoms with Gasteiger partial charge in [0.15, 0.2) is 5.82 Å². The minimum Gasteiger partial charge on any atom is -0.334 e. The number of likely N-dealkylation sites (N-methyl/N-ethyl adjacent to an activating group) is 1. The molecule has 1 unspecified atom stereocenters. The second kappa shape index (κ2) is 5.86. The van der Waals surface area contributed by atoms with E-state index in [1.807, 2.05) is 24.3 Å². The first-order chi connectivity index (χ1) is 11.3. The second-order valence-electron chi connectivity index (χ2n) is 5.46. The van der Waals surface area contributed by atoms with E-state index in [-0.39, 0.29) is 6.04 Å². The molecule has 1 aromatic carbocycles. The van der Waals surface area contributed by atoms with Crippen LogP contribution in [0.3, 0.4) is 0 Å². The normalized spacial score (nSPS) is 19.1. The molecule has 3 aromatic rings. The van der Waals surface area contributed by atoms with Crippen LogP contribution in [0.5, 0.6) is 0 Å². The Kier molecular flexibility index (Phi) is 3.56. The Balaban J connectivity index is 1.63. The van der Waals surface area contributed by atoms with Gasteiger partial charge < -0.3 is 9.84 Å². The maximum atomic E-state index is 5.45. The molecular formula is C14H16N8O. The number of hydrogen-bond acceptors (Lipinski definition) is 8. The summed E-state index contributed by atoms with van der Waals surface area (Å²) in [5.74, 6) is 1.19. The summed E-state index contributed by atoms with van der Waals surface area (Å²) >= 11 is 0. The molecule has 4 rings (SSSR count). The lowest BCUT2D eigenvalue weighted by Gasteiger charge is -2.30. The van der Waals surface area contributed by atoms with Crippen molar-refractivity contribution in [3.8, 4) is 17.1 Å². The van der Waals surface area contributed by atoms with Gasteiger partial charge in [-0.2, -0.15) is 4.98 Å². The van der Waals surface area contributed by atoms with Crippen LogP contribution in [0.15, 0.2) is 35.1 Å². The van der Waals surface area contributed by atoms with Crippen molar-refractivity contribution in [3.05, 3.63) is 36.4 Å². The van der Waals surface area contributed by atoms with Gasteiger partial charge in [0.1, 0.15) is 6.33 Å². The molecule has 0 saturated carbocycles. The van der Waals surface area contributed by atoms with Crippen molar-refractivity contribution in [2.24, 2.45) is 0 Å². The second-order valence-corrected chi connectivity index (χ2v) is 5.46. The number of tetrazole rings is 1. The summed E-state index contributed by atoms with van der Waals surface area (Å²) in [5.41, 5.74) is 1.67. The molecule has 0 radical (unpaired) electrons. The summed E-state index contributed by atoms with van der Waals surface area (Å²) in [6, 6.07) is 7.79. The van der Waals surface area contributed by atoms with Crippen LogP contribution in [-0.4, -0.2) is 61.9 Å². The zero-order valence-electron chi connectivity index (χ0n) is 12.6. The number of nitrogens with zero attached hydrogens (tertiary/aromatic N) is 7. The maximum Gasteiger partial charge on any atom is 0.258 e. The Morgan fingerprint density at radius 2 is 2.30 bits per heavy atom. The molecule has 118 valence electrons. The number of nitrogens with one attached hydrogen (secondary N) is 1. The lowest BCUT2D eigenvalue weighted by atomic mass is 10.2. The molecule has 23 heavy (non-hydrogen) atoms. The molecule has 1 saturated heterocycles. The maximum absolute atomic E-state index is 5.45. The molecule has 9 heteroatoms. The van der Waals surface area contributed by atoms with Crippen molar-refractivity contribution >= 4 is 0 Å². The van der Waals surface area contributed by atoms with Crippen LogP contribution in [-0.2, 0) is 0 Å². The molecule has 1 aliphatic heterocycles. The molecule has 1 N–H and O–H groups in total. The van der Waals surface area contributed by atoms with E-state index in [9.17, 15) is 0 Å². The van der Waals surface area contributed by atoms with E-state index >= 15 is 0 Å². The summed E-state index contributed by atoms with van der Waals surface area (Å²) in [4.78, 5) is 6.78. The highest BCUT2D eigenvalue weighted by Crippen LogP contribution is 2.24. The molecule has 3 heterocycles. The molecule has 0 amide bonds. The van der Waals surface area contributed by atoms with E-state index in [0.29, 0.717) is 11.7 Å². The van der Waals surface area contributed by atoms with Gasteiger partial charge in [0, 0.05) is 25.2 Å². The summed E-state index contributed by atoms with van der Waals surface area (Å²) in [5, 5.41) is 18.7. The van der Waals surface area contributed by atoms with Crippen LogP contribution in [0, 0.1) is 0 Å². The van der Waals surface area contributed by atoms with Crippen molar-refractivity contribution in [1.29, 1.82) is 0 Å². The van der Waals surface area contributed by atoms with Crippen LogP contribution in [0.2, 0.25) is 0 Å². The standard InChI is InChI=1S/C14H16N8O/c1-21-6-5-15-8-12(21)13-17-14(23-18-13)10-3-2-4-11(7-10)22-9-16-19-20-22/h2-4,7,9,12,15H,5-6,8H2,1H3. The number of benzene rings is 1. The minimum atomic E-state index is 0.129. The predicted octanol–water partition coefficient (Wildman–Crippen LogP) is 0.288. The van der Waals surface area contributed by atoms with E-state index in [4.69, 9.17) is 4.52 Å². The smallest absolute Gasteiger partial charge is 0.258 e. The lowest BCUT2D eigenvalue weighted by Crippen LogP contribution is -2.44. The summed E-state index contributed by atoms with van der Waals surface area (Å²) in [6.07, 6.45) is 1.54. The first-order valence-corrected chi connectivity index (χ1v) is 7.39. The Hall–Kier alpha value is -2.65. The Labute approximate surface area is 132 Å². The van der Waals surface area contributed by atoms with Gasteiger partial charge in [-0.05, 0) is 35.7 Å². The van der Waals surface area contributed by atoms with Crippen molar-refractivity contribution in [3.63, 3.8) is 0 Å². The zero-order chi connectivity index (χ0) is 15.6. The van der Waals surface area contributed by atoms with E-state index in [1.54, 1.807) is 11.0 Å². The predicted molar refractivity (Wildman–Crippen MR) is 80.7 cm³/mol. The minimum absolute atomic E-state index is 0.129. The topological polar surface area (TPSA) is 97.8 Å². The fourth-order valence-corrected chi connectivity index (χ4v) is 2.64. The Morgan fingerprint density at radius 1 is 1.35 bits per heavy atom. The Bertz CT molecular complexity index is 784. The van der Waals surface area contributed by atoms with E-state index < -0.39 is 0 Å². The van der Waals surface area contributed by atoms with Gasteiger partial charge in [0.2, 0.25) is 0 Å². The summed E-state index contributed by atoms with van der Waals surface area (Å²) in [6.45, 7) is 2.76. The Morgan fingerprint density at radius 3 is 3.13 bits per heavy atom. The lowest BCUT2D eigenvalue weighted by molar-refractivity contribution is 0.190. The van der Waals surface area contributed by atoms with Crippen molar-refractivity contribution in [2.75, 3.05) is 26.7 Å². The third-order valence-electron chi connectivity index (χ3n) is 3.96. The highest BCUT2D eigenvalue weighted by atomic mass is 16.5. The van der Waals surface area contributed by atoms with Gasteiger partial charge in [-0.25, -0.2) is 4.68 Å². The van der Waals surface area contributed by atoms with E-state index in [2.05, 4.69) is 42.9 Å². The van der Waals surface area contributed by atoms with Crippen LogP contribution in [0.1, 0.15) is 11.9 Å². The first-order valence-electron chi connectivity index (χ1n) is 7.39. The average molecular weight is 312 g/mol.